The van der Waals surface area contributed by atoms with Gasteiger partial charge in [-0.1, -0.05) is 0 Å². The number of nitrogens with zero attached hydrogens (tertiary/aromatic N) is 2. The molecular formula is C17H23FN2O4. The van der Waals surface area contributed by atoms with E-state index in [0.717, 1.165) is 0 Å². The van der Waals surface area contributed by atoms with E-state index in [1.165, 1.54) is 12.1 Å². The van der Waals surface area contributed by atoms with Crippen LogP contribution >= 0.6 is 0 Å². The van der Waals surface area contributed by atoms with E-state index in [-0.39, 0.29) is 17.7 Å². The smallest absolute Gasteiger partial charge is 0.410 e. The molecule has 0 bridgehead atoms. The molecule has 2 rings (SSSR count). The number of anilines is 1. The lowest BCUT2D eigenvalue weighted by Gasteiger charge is -2.41. The molecule has 1 fully saturated rings. The van der Waals surface area contributed by atoms with E-state index in [1.807, 2.05) is 32.6 Å². The van der Waals surface area contributed by atoms with E-state index in [9.17, 15) is 14.0 Å². The van der Waals surface area contributed by atoms with Crippen molar-refractivity contribution in [1.82, 2.24) is 4.90 Å². The van der Waals surface area contributed by atoms with E-state index in [4.69, 9.17) is 9.84 Å². The lowest BCUT2D eigenvalue weighted by molar-refractivity contribution is 0.0158. The van der Waals surface area contributed by atoms with Crippen LogP contribution in [0.5, 0.6) is 0 Å². The molecule has 1 amide bonds. The van der Waals surface area contributed by atoms with Gasteiger partial charge < -0.3 is 19.6 Å². The minimum Gasteiger partial charge on any atom is -0.478 e. The second kappa shape index (κ2) is 6.67. The molecule has 1 aromatic carbocycles. The van der Waals surface area contributed by atoms with Gasteiger partial charge in [0.2, 0.25) is 0 Å². The number of carbonyl (C=O) groups is 2. The molecule has 1 N–H and O–H groups in total. The Bertz CT molecular complexity index is 642. The number of halogens is 1. The standard InChI is InChI=1S/C17H23FN2O4/c1-11-10-19(7-8-20(11)16(23)24-17(2,3)4)12-5-6-13(15(21)22)14(18)9-12/h5-6,9,11H,7-8,10H2,1-4H3,(H,21,22)/t11-/m0/s1. The van der Waals surface area contributed by atoms with Crippen molar-refractivity contribution >= 4 is 17.7 Å². The van der Waals surface area contributed by atoms with Crippen molar-refractivity contribution in [1.29, 1.82) is 0 Å². The van der Waals surface area contributed by atoms with E-state index in [2.05, 4.69) is 0 Å². The van der Waals surface area contributed by atoms with Gasteiger partial charge >= 0.3 is 12.1 Å². The number of ether oxygens (including phenoxy) is 1. The van der Waals surface area contributed by atoms with Crippen LogP contribution in [0.2, 0.25) is 0 Å². The molecule has 0 saturated carbocycles. The third-order valence-corrected chi connectivity index (χ3v) is 3.80. The Kier molecular flexibility index (Phi) is 5.01. The molecule has 1 aliphatic heterocycles. The van der Waals surface area contributed by atoms with Crippen LogP contribution in [0.25, 0.3) is 0 Å². The van der Waals surface area contributed by atoms with Crippen molar-refractivity contribution in [2.75, 3.05) is 24.5 Å². The summed E-state index contributed by atoms with van der Waals surface area (Å²) in [6.45, 7) is 8.85. The summed E-state index contributed by atoms with van der Waals surface area (Å²) < 4.78 is 19.2. The summed E-state index contributed by atoms with van der Waals surface area (Å²) in [6.07, 6.45) is -0.359. The first kappa shape index (κ1) is 18.0. The first-order valence-corrected chi connectivity index (χ1v) is 7.86. The van der Waals surface area contributed by atoms with Crippen LogP contribution in [0.3, 0.4) is 0 Å². The van der Waals surface area contributed by atoms with Gasteiger partial charge in [-0.2, -0.15) is 0 Å². The predicted molar refractivity (Wildman–Crippen MR) is 88.0 cm³/mol. The minimum atomic E-state index is -1.29. The van der Waals surface area contributed by atoms with Crippen LogP contribution in [0.4, 0.5) is 14.9 Å². The van der Waals surface area contributed by atoms with Gasteiger partial charge in [-0.25, -0.2) is 14.0 Å². The number of carboxylic acids is 1. The first-order chi connectivity index (χ1) is 11.1. The van der Waals surface area contributed by atoms with Gasteiger partial charge in [0.1, 0.15) is 11.4 Å². The summed E-state index contributed by atoms with van der Waals surface area (Å²) in [7, 11) is 0. The Morgan fingerprint density at radius 2 is 1.96 bits per heavy atom. The number of piperazine rings is 1. The predicted octanol–water partition coefficient (Wildman–Crippen LogP) is 2.97. The molecule has 24 heavy (non-hydrogen) atoms. The lowest BCUT2D eigenvalue weighted by Crippen LogP contribution is -2.55. The van der Waals surface area contributed by atoms with Crippen LogP contribution in [-0.4, -0.2) is 53.3 Å². The number of rotatable bonds is 2. The summed E-state index contributed by atoms with van der Waals surface area (Å²) in [5.41, 5.74) is -0.295. The van der Waals surface area contributed by atoms with Crippen molar-refractivity contribution in [3.63, 3.8) is 0 Å². The molecule has 132 valence electrons. The molecule has 1 aromatic rings. The number of hydrogen-bond acceptors (Lipinski definition) is 4. The van der Waals surface area contributed by atoms with Gasteiger partial charge in [0.05, 0.1) is 5.56 Å². The lowest BCUT2D eigenvalue weighted by atomic mass is 10.1. The fourth-order valence-corrected chi connectivity index (χ4v) is 2.66. The molecule has 1 aliphatic rings. The molecule has 1 atom stereocenters. The zero-order valence-corrected chi connectivity index (χ0v) is 14.4. The monoisotopic (exact) mass is 338 g/mol. The zero-order valence-electron chi connectivity index (χ0n) is 14.4. The molecule has 0 spiro atoms. The number of benzene rings is 1. The number of hydrogen-bond donors (Lipinski definition) is 1. The zero-order chi connectivity index (χ0) is 18.1. The SMILES string of the molecule is C[C@H]1CN(c2ccc(C(=O)O)c(F)c2)CCN1C(=O)OC(C)(C)C. The highest BCUT2D eigenvalue weighted by atomic mass is 19.1. The maximum absolute atomic E-state index is 13.9. The number of amides is 1. The van der Waals surface area contributed by atoms with Crippen LogP contribution in [-0.2, 0) is 4.74 Å². The van der Waals surface area contributed by atoms with E-state index in [0.29, 0.717) is 25.3 Å². The van der Waals surface area contributed by atoms with Crippen LogP contribution in [0.1, 0.15) is 38.1 Å². The largest absolute Gasteiger partial charge is 0.478 e. The average molecular weight is 338 g/mol. The molecular weight excluding hydrogens is 315 g/mol. The second-order valence-electron chi connectivity index (χ2n) is 6.94. The van der Waals surface area contributed by atoms with E-state index >= 15 is 0 Å². The minimum absolute atomic E-state index is 0.101. The highest BCUT2D eigenvalue weighted by Crippen LogP contribution is 2.23. The molecule has 1 saturated heterocycles. The summed E-state index contributed by atoms with van der Waals surface area (Å²) in [5.74, 6) is -2.05. The summed E-state index contributed by atoms with van der Waals surface area (Å²) in [4.78, 5) is 26.7. The molecule has 0 aliphatic carbocycles. The summed E-state index contributed by atoms with van der Waals surface area (Å²) in [6, 6.07) is 3.97. The number of carboxylic acid groups (broad SMARTS) is 1. The van der Waals surface area contributed by atoms with Gasteiger partial charge in [0.15, 0.2) is 0 Å². The Morgan fingerprint density at radius 1 is 1.29 bits per heavy atom. The van der Waals surface area contributed by atoms with Gasteiger partial charge in [0.25, 0.3) is 0 Å². The first-order valence-electron chi connectivity index (χ1n) is 7.86. The highest BCUT2D eigenvalue weighted by Gasteiger charge is 2.31. The second-order valence-corrected chi connectivity index (χ2v) is 6.94. The number of aromatic carboxylic acids is 1. The van der Waals surface area contributed by atoms with Crippen molar-refractivity contribution < 1.29 is 23.8 Å². The van der Waals surface area contributed by atoms with Gasteiger partial charge in [0, 0.05) is 31.4 Å². The normalized spacial score (nSPS) is 18.5. The third-order valence-electron chi connectivity index (χ3n) is 3.80. The molecule has 1 heterocycles. The maximum atomic E-state index is 13.9. The van der Waals surface area contributed by atoms with Crippen molar-refractivity contribution in [2.45, 2.75) is 39.3 Å². The van der Waals surface area contributed by atoms with Crippen molar-refractivity contribution in [3.8, 4) is 0 Å². The van der Waals surface area contributed by atoms with E-state index in [1.54, 1.807) is 11.0 Å². The van der Waals surface area contributed by atoms with E-state index < -0.39 is 17.4 Å². The fourth-order valence-electron chi connectivity index (χ4n) is 2.66. The average Bonchev–Trinajstić information content (AvgIpc) is 2.44. The van der Waals surface area contributed by atoms with Gasteiger partial charge in [-0.05, 0) is 45.9 Å². The summed E-state index contributed by atoms with van der Waals surface area (Å²) in [5, 5.41) is 8.89. The van der Waals surface area contributed by atoms with Crippen molar-refractivity contribution in [3.05, 3.63) is 29.6 Å². The maximum Gasteiger partial charge on any atom is 0.410 e. The molecule has 7 heteroatoms. The van der Waals surface area contributed by atoms with Crippen molar-refractivity contribution in [2.24, 2.45) is 0 Å². The Balaban J connectivity index is 2.07. The van der Waals surface area contributed by atoms with Crippen LogP contribution < -0.4 is 4.90 Å². The molecule has 0 unspecified atom stereocenters. The summed E-state index contributed by atoms with van der Waals surface area (Å²) >= 11 is 0. The Labute approximate surface area is 140 Å². The molecule has 0 aromatic heterocycles. The highest BCUT2D eigenvalue weighted by molar-refractivity contribution is 5.88. The van der Waals surface area contributed by atoms with Gasteiger partial charge in [-0.3, -0.25) is 0 Å². The van der Waals surface area contributed by atoms with Gasteiger partial charge in [-0.15, -0.1) is 0 Å². The fraction of sp³-hybridized carbons (Fsp3) is 0.529. The third kappa shape index (κ3) is 4.15. The molecule has 6 nitrogen and oxygen atoms in total. The quantitative estimate of drug-likeness (QED) is 0.898. The Hall–Kier alpha value is -2.31. The van der Waals surface area contributed by atoms with Crippen LogP contribution in [0.15, 0.2) is 18.2 Å². The number of carbonyl (C=O) groups excluding carboxylic acids is 1. The molecule has 0 radical (unpaired) electrons. The Morgan fingerprint density at radius 3 is 2.46 bits per heavy atom. The van der Waals surface area contributed by atoms with Crippen LogP contribution in [0, 0.1) is 5.82 Å². The topological polar surface area (TPSA) is 70.1 Å².